The number of aromatic nitrogens is 4. The fourth-order valence-electron chi connectivity index (χ4n) is 3.23. The van der Waals surface area contributed by atoms with E-state index in [1.807, 2.05) is 19.6 Å². The van der Waals surface area contributed by atoms with Gasteiger partial charge in [0.25, 0.3) is 0 Å². The summed E-state index contributed by atoms with van der Waals surface area (Å²) in [6.07, 6.45) is 7.43. The maximum absolute atomic E-state index is 4.54. The molecule has 0 saturated carbocycles. The average molecular weight is 354 g/mol. The first-order valence-corrected chi connectivity index (χ1v) is 9.44. The molecule has 0 amide bonds. The molecule has 130 valence electrons. The SMILES string of the molecule is Cn1cncc1CN1CCc2ncnc(NCc3cccs3)c2CC1. The Kier molecular flexibility index (Phi) is 4.76. The van der Waals surface area contributed by atoms with E-state index in [0.29, 0.717) is 0 Å². The zero-order valence-electron chi connectivity index (χ0n) is 14.4. The van der Waals surface area contributed by atoms with Gasteiger partial charge in [-0.2, -0.15) is 0 Å². The number of hydrogen-bond donors (Lipinski definition) is 1. The molecule has 0 fully saturated rings. The maximum Gasteiger partial charge on any atom is 0.133 e. The topological polar surface area (TPSA) is 58.9 Å². The Labute approximate surface area is 151 Å². The summed E-state index contributed by atoms with van der Waals surface area (Å²) in [5, 5.41) is 5.60. The second-order valence-corrected chi connectivity index (χ2v) is 7.38. The van der Waals surface area contributed by atoms with Crippen LogP contribution in [0.4, 0.5) is 5.82 Å². The predicted octanol–water partition coefficient (Wildman–Crippen LogP) is 2.48. The Morgan fingerprint density at radius 1 is 1.24 bits per heavy atom. The summed E-state index contributed by atoms with van der Waals surface area (Å²) in [5.41, 5.74) is 3.69. The highest BCUT2D eigenvalue weighted by atomic mass is 32.1. The van der Waals surface area contributed by atoms with Gasteiger partial charge in [0, 0.05) is 49.7 Å². The van der Waals surface area contributed by atoms with E-state index in [1.54, 1.807) is 17.7 Å². The van der Waals surface area contributed by atoms with Crippen molar-refractivity contribution >= 4 is 17.2 Å². The highest BCUT2D eigenvalue weighted by Crippen LogP contribution is 2.22. The summed E-state index contributed by atoms with van der Waals surface area (Å²) < 4.78 is 2.09. The zero-order chi connectivity index (χ0) is 17.1. The molecule has 0 spiro atoms. The Bertz CT molecular complexity index is 826. The van der Waals surface area contributed by atoms with Crippen LogP contribution in [0.2, 0.25) is 0 Å². The molecule has 1 aliphatic heterocycles. The summed E-state index contributed by atoms with van der Waals surface area (Å²) in [6, 6.07) is 4.23. The van der Waals surface area contributed by atoms with Gasteiger partial charge >= 0.3 is 0 Å². The first kappa shape index (κ1) is 16.2. The van der Waals surface area contributed by atoms with Crippen LogP contribution in [0.5, 0.6) is 0 Å². The highest BCUT2D eigenvalue weighted by Gasteiger charge is 2.19. The second-order valence-electron chi connectivity index (χ2n) is 6.35. The maximum atomic E-state index is 4.54. The lowest BCUT2D eigenvalue weighted by Gasteiger charge is -2.19. The quantitative estimate of drug-likeness (QED) is 0.763. The lowest BCUT2D eigenvalue weighted by atomic mass is 10.1. The molecule has 4 rings (SSSR count). The zero-order valence-corrected chi connectivity index (χ0v) is 15.2. The van der Waals surface area contributed by atoms with Crippen molar-refractivity contribution in [2.24, 2.45) is 7.05 Å². The normalized spacial score (nSPS) is 14.9. The molecule has 25 heavy (non-hydrogen) atoms. The molecule has 0 saturated heterocycles. The number of thiophene rings is 1. The van der Waals surface area contributed by atoms with Crippen LogP contribution in [0, 0.1) is 0 Å². The van der Waals surface area contributed by atoms with Crippen LogP contribution < -0.4 is 5.32 Å². The monoisotopic (exact) mass is 354 g/mol. The van der Waals surface area contributed by atoms with Crippen LogP contribution in [-0.2, 0) is 33.0 Å². The van der Waals surface area contributed by atoms with Gasteiger partial charge in [-0.15, -0.1) is 11.3 Å². The van der Waals surface area contributed by atoms with Crippen molar-refractivity contribution in [3.05, 3.63) is 58.2 Å². The lowest BCUT2D eigenvalue weighted by molar-refractivity contribution is 0.273. The third kappa shape index (κ3) is 3.72. The number of aryl methyl sites for hydroxylation is 1. The first-order chi connectivity index (χ1) is 12.3. The highest BCUT2D eigenvalue weighted by molar-refractivity contribution is 7.09. The van der Waals surface area contributed by atoms with Crippen molar-refractivity contribution in [3.63, 3.8) is 0 Å². The van der Waals surface area contributed by atoms with Crippen molar-refractivity contribution in [1.29, 1.82) is 0 Å². The van der Waals surface area contributed by atoms with Crippen molar-refractivity contribution in [1.82, 2.24) is 24.4 Å². The number of hydrogen-bond acceptors (Lipinski definition) is 6. The minimum atomic E-state index is 0.819. The molecule has 1 N–H and O–H groups in total. The summed E-state index contributed by atoms with van der Waals surface area (Å²) in [7, 11) is 2.05. The van der Waals surface area contributed by atoms with Crippen LogP contribution in [0.15, 0.2) is 36.4 Å². The van der Waals surface area contributed by atoms with Gasteiger partial charge in [0.05, 0.1) is 24.3 Å². The molecular weight excluding hydrogens is 332 g/mol. The Hall–Kier alpha value is -2.25. The molecule has 3 aromatic rings. The summed E-state index contributed by atoms with van der Waals surface area (Å²) in [6.45, 7) is 3.77. The minimum absolute atomic E-state index is 0.819. The molecule has 0 aromatic carbocycles. The molecule has 0 aliphatic carbocycles. The molecule has 7 heteroatoms. The molecule has 4 heterocycles. The van der Waals surface area contributed by atoms with Gasteiger partial charge in [-0.25, -0.2) is 15.0 Å². The molecular formula is C18H22N6S. The fraction of sp³-hybridized carbons (Fsp3) is 0.389. The van der Waals surface area contributed by atoms with Gasteiger partial charge in [0.15, 0.2) is 0 Å². The lowest BCUT2D eigenvalue weighted by Crippen LogP contribution is -2.26. The Morgan fingerprint density at radius 3 is 2.96 bits per heavy atom. The minimum Gasteiger partial charge on any atom is -0.365 e. The van der Waals surface area contributed by atoms with E-state index >= 15 is 0 Å². The van der Waals surface area contributed by atoms with E-state index in [2.05, 4.69) is 47.2 Å². The third-order valence-electron chi connectivity index (χ3n) is 4.69. The number of nitrogens with one attached hydrogen (secondary N) is 1. The summed E-state index contributed by atoms with van der Waals surface area (Å²) in [5.74, 6) is 0.987. The van der Waals surface area contributed by atoms with Gasteiger partial charge < -0.3 is 9.88 Å². The van der Waals surface area contributed by atoms with Gasteiger partial charge in [-0.1, -0.05) is 6.07 Å². The number of rotatable bonds is 5. The second kappa shape index (κ2) is 7.33. The van der Waals surface area contributed by atoms with Crippen LogP contribution in [0.1, 0.15) is 21.8 Å². The Balaban J connectivity index is 1.45. The van der Waals surface area contributed by atoms with E-state index < -0.39 is 0 Å². The van der Waals surface area contributed by atoms with E-state index in [-0.39, 0.29) is 0 Å². The fourth-order valence-corrected chi connectivity index (χ4v) is 3.88. The molecule has 0 unspecified atom stereocenters. The van der Waals surface area contributed by atoms with Crippen LogP contribution in [-0.4, -0.2) is 37.5 Å². The van der Waals surface area contributed by atoms with Gasteiger partial charge in [-0.3, -0.25) is 4.90 Å². The Morgan fingerprint density at radius 2 is 2.16 bits per heavy atom. The van der Waals surface area contributed by atoms with Crippen molar-refractivity contribution in [3.8, 4) is 0 Å². The molecule has 0 radical (unpaired) electrons. The number of nitrogens with zero attached hydrogens (tertiary/aromatic N) is 5. The number of anilines is 1. The summed E-state index contributed by atoms with van der Waals surface area (Å²) in [4.78, 5) is 17.0. The van der Waals surface area contributed by atoms with Gasteiger partial charge in [0.2, 0.25) is 0 Å². The average Bonchev–Trinajstić information content (AvgIpc) is 3.23. The van der Waals surface area contributed by atoms with Crippen LogP contribution in [0.25, 0.3) is 0 Å². The van der Waals surface area contributed by atoms with Gasteiger partial charge in [-0.05, 0) is 17.9 Å². The summed E-state index contributed by atoms with van der Waals surface area (Å²) >= 11 is 1.77. The largest absolute Gasteiger partial charge is 0.365 e. The molecule has 0 bridgehead atoms. The van der Waals surface area contributed by atoms with E-state index in [0.717, 1.165) is 44.8 Å². The van der Waals surface area contributed by atoms with Gasteiger partial charge in [0.1, 0.15) is 12.1 Å². The van der Waals surface area contributed by atoms with Crippen molar-refractivity contribution in [2.75, 3.05) is 18.4 Å². The molecule has 6 nitrogen and oxygen atoms in total. The molecule has 3 aromatic heterocycles. The van der Waals surface area contributed by atoms with Crippen molar-refractivity contribution < 1.29 is 0 Å². The smallest absolute Gasteiger partial charge is 0.133 e. The van der Waals surface area contributed by atoms with E-state index in [4.69, 9.17) is 0 Å². The molecule has 0 atom stereocenters. The number of imidazole rings is 1. The van der Waals surface area contributed by atoms with Crippen molar-refractivity contribution in [2.45, 2.75) is 25.9 Å². The first-order valence-electron chi connectivity index (χ1n) is 8.56. The van der Waals surface area contributed by atoms with E-state index in [9.17, 15) is 0 Å². The number of fused-ring (bicyclic) bond motifs is 1. The van der Waals surface area contributed by atoms with Crippen LogP contribution >= 0.6 is 11.3 Å². The van der Waals surface area contributed by atoms with Crippen LogP contribution in [0.3, 0.4) is 0 Å². The predicted molar refractivity (Wildman–Crippen MR) is 99.6 cm³/mol. The standard InChI is InChI=1S/C18H22N6S/c1-23-13-19-9-14(23)11-24-6-4-16-17(5-7-24)21-12-22-18(16)20-10-15-3-2-8-25-15/h2-3,8-9,12-13H,4-7,10-11H2,1H3,(H,20,21,22). The third-order valence-corrected chi connectivity index (χ3v) is 5.57. The van der Waals surface area contributed by atoms with E-state index in [1.165, 1.54) is 21.8 Å². The molecule has 1 aliphatic rings.